The summed E-state index contributed by atoms with van der Waals surface area (Å²) in [4.78, 5) is 7.89. The SMILES string of the molecule is c1ccc(Oc2ccc(OCc3cncnc3)cc2)cc1. The number of ether oxygens (including phenoxy) is 2. The lowest BCUT2D eigenvalue weighted by atomic mass is 10.3. The van der Waals surface area contributed by atoms with Crippen LogP contribution in [0.3, 0.4) is 0 Å². The van der Waals surface area contributed by atoms with Gasteiger partial charge in [0.1, 0.15) is 30.2 Å². The molecule has 0 saturated carbocycles. The molecule has 104 valence electrons. The summed E-state index contributed by atoms with van der Waals surface area (Å²) in [6, 6.07) is 17.2. The first-order valence-corrected chi connectivity index (χ1v) is 6.60. The predicted octanol–water partition coefficient (Wildman–Crippen LogP) is 3.85. The van der Waals surface area contributed by atoms with E-state index in [1.807, 2.05) is 54.6 Å². The fraction of sp³-hybridized carbons (Fsp3) is 0.0588. The summed E-state index contributed by atoms with van der Waals surface area (Å²) in [5.74, 6) is 2.36. The number of benzene rings is 2. The molecular formula is C17H14N2O2. The predicted molar refractivity (Wildman–Crippen MR) is 79.3 cm³/mol. The lowest BCUT2D eigenvalue weighted by Gasteiger charge is -2.08. The summed E-state index contributed by atoms with van der Waals surface area (Å²) in [6.45, 7) is 0.444. The first-order chi connectivity index (χ1) is 10.4. The van der Waals surface area contributed by atoms with Gasteiger partial charge in [0, 0.05) is 18.0 Å². The number of hydrogen-bond acceptors (Lipinski definition) is 4. The Morgan fingerprint density at radius 2 is 1.33 bits per heavy atom. The Morgan fingerprint density at radius 3 is 2.05 bits per heavy atom. The number of hydrogen-bond donors (Lipinski definition) is 0. The molecule has 0 spiro atoms. The van der Waals surface area contributed by atoms with E-state index in [9.17, 15) is 0 Å². The second-order valence-electron chi connectivity index (χ2n) is 4.42. The maximum absolute atomic E-state index is 5.72. The van der Waals surface area contributed by atoms with E-state index in [2.05, 4.69) is 9.97 Å². The summed E-state index contributed by atoms with van der Waals surface area (Å²) in [6.07, 6.45) is 4.97. The quantitative estimate of drug-likeness (QED) is 0.711. The Kier molecular flexibility index (Phi) is 4.07. The summed E-state index contributed by atoms with van der Waals surface area (Å²) < 4.78 is 11.4. The van der Waals surface area contributed by atoms with Crippen molar-refractivity contribution in [3.05, 3.63) is 78.9 Å². The minimum absolute atomic E-state index is 0.444. The molecule has 4 nitrogen and oxygen atoms in total. The Labute approximate surface area is 123 Å². The van der Waals surface area contributed by atoms with Crippen LogP contribution in [0.5, 0.6) is 17.2 Å². The second kappa shape index (κ2) is 6.52. The van der Waals surface area contributed by atoms with Gasteiger partial charge >= 0.3 is 0 Å². The van der Waals surface area contributed by atoms with Crippen molar-refractivity contribution in [1.82, 2.24) is 9.97 Å². The number of para-hydroxylation sites is 1. The molecule has 3 rings (SSSR count). The molecule has 0 bridgehead atoms. The molecule has 0 N–H and O–H groups in total. The van der Waals surface area contributed by atoms with Crippen molar-refractivity contribution in [3.63, 3.8) is 0 Å². The number of aromatic nitrogens is 2. The van der Waals surface area contributed by atoms with Gasteiger partial charge in [0.2, 0.25) is 0 Å². The van der Waals surface area contributed by atoms with Gasteiger partial charge in [0.15, 0.2) is 0 Å². The van der Waals surface area contributed by atoms with Crippen LogP contribution < -0.4 is 9.47 Å². The molecule has 2 aromatic carbocycles. The highest BCUT2D eigenvalue weighted by Gasteiger charge is 1.99. The molecule has 0 atom stereocenters. The molecule has 0 radical (unpaired) electrons. The Bertz CT molecular complexity index is 670. The van der Waals surface area contributed by atoms with Gasteiger partial charge in [-0.05, 0) is 36.4 Å². The van der Waals surface area contributed by atoms with Crippen LogP contribution in [0.25, 0.3) is 0 Å². The molecule has 1 aromatic heterocycles. The standard InChI is InChI=1S/C17H14N2O2/c1-2-4-16(5-3-1)21-17-8-6-15(7-9-17)20-12-14-10-18-13-19-11-14/h1-11,13H,12H2. The van der Waals surface area contributed by atoms with Crippen molar-refractivity contribution >= 4 is 0 Å². The van der Waals surface area contributed by atoms with Gasteiger partial charge in [-0.2, -0.15) is 0 Å². The van der Waals surface area contributed by atoms with E-state index < -0.39 is 0 Å². The summed E-state index contributed by atoms with van der Waals surface area (Å²) in [7, 11) is 0. The topological polar surface area (TPSA) is 44.2 Å². The van der Waals surface area contributed by atoms with E-state index in [1.54, 1.807) is 12.4 Å². The van der Waals surface area contributed by atoms with Crippen LogP contribution in [-0.4, -0.2) is 9.97 Å². The van der Waals surface area contributed by atoms with E-state index in [0.29, 0.717) is 6.61 Å². The highest BCUT2D eigenvalue weighted by molar-refractivity contribution is 5.35. The third-order valence-electron chi connectivity index (χ3n) is 2.82. The van der Waals surface area contributed by atoms with Gasteiger partial charge < -0.3 is 9.47 Å². The van der Waals surface area contributed by atoms with Crippen molar-refractivity contribution in [1.29, 1.82) is 0 Å². The van der Waals surface area contributed by atoms with Gasteiger partial charge in [-0.1, -0.05) is 18.2 Å². The third kappa shape index (κ3) is 3.79. The summed E-state index contributed by atoms with van der Waals surface area (Å²) in [5.41, 5.74) is 0.933. The van der Waals surface area contributed by atoms with E-state index in [0.717, 1.165) is 22.8 Å². The molecule has 0 fully saturated rings. The van der Waals surface area contributed by atoms with E-state index in [-0.39, 0.29) is 0 Å². The average molecular weight is 278 g/mol. The minimum Gasteiger partial charge on any atom is -0.489 e. The number of nitrogens with zero attached hydrogens (tertiary/aromatic N) is 2. The zero-order valence-electron chi connectivity index (χ0n) is 11.3. The highest BCUT2D eigenvalue weighted by Crippen LogP contribution is 2.23. The molecule has 3 aromatic rings. The molecule has 0 aliphatic carbocycles. The maximum Gasteiger partial charge on any atom is 0.127 e. The fourth-order valence-corrected chi connectivity index (χ4v) is 1.80. The lowest BCUT2D eigenvalue weighted by molar-refractivity contribution is 0.305. The minimum atomic E-state index is 0.444. The Hall–Kier alpha value is -2.88. The van der Waals surface area contributed by atoms with E-state index in [1.165, 1.54) is 6.33 Å². The van der Waals surface area contributed by atoms with Crippen LogP contribution in [0.1, 0.15) is 5.56 Å². The highest BCUT2D eigenvalue weighted by atomic mass is 16.5. The molecule has 0 aliphatic rings. The zero-order chi connectivity index (χ0) is 14.3. The molecule has 0 saturated heterocycles. The fourth-order valence-electron chi connectivity index (χ4n) is 1.80. The second-order valence-corrected chi connectivity index (χ2v) is 4.42. The van der Waals surface area contributed by atoms with Crippen LogP contribution in [-0.2, 0) is 6.61 Å². The van der Waals surface area contributed by atoms with Gasteiger partial charge in [-0.25, -0.2) is 9.97 Å². The zero-order valence-corrected chi connectivity index (χ0v) is 11.3. The van der Waals surface area contributed by atoms with Crippen molar-refractivity contribution in [2.75, 3.05) is 0 Å². The third-order valence-corrected chi connectivity index (χ3v) is 2.82. The monoisotopic (exact) mass is 278 g/mol. The smallest absolute Gasteiger partial charge is 0.127 e. The Balaban J connectivity index is 1.59. The average Bonchev–Trinajstić information content (AvgIpc) is 2.56. The molecule has 0 unspecified atom stereocenters. The van der Waals surface area contributed by atoms with Crippen LogP contribution in [0, 0.1) is 0 Å². The number of rotatable bonds is 5. The first-order valence-electron chi connectivity index (χ1n) is 6.60. The van der Waals surface area contributed by atoms with Crippen molar-refractivity contribution in [2.45, 2.75) is 6.61 Å². The Morgan fingerprint density at radius 1 is 0.714 bits per heavy atom. The molecular weight excluding hydrogens is 264 g/mol. The van der Waals surface area contributed by atoms with Crippen LogP contribution in [0.2, 0.25) is 0 Å². The van der Waals surface area contributed by atoms with Crippen molar-refractivity contribution in [2.24, 2.45) is 0 Å². The molecule has 0 amide bonds. The van der Waals surface area contributed by atoms with E-state index in [4.69, 9.17) is 9.47 Å². The largest absolute Gasteiger partial charge is 0.489 e. The van der Waals surface area contributed by atoms with Gasteiger partial charge in [-0.15, -0.1) is 0 Å². The normalized spacial score (nSPS) is 10.1. The molecule has 4 heteroatoms. The van der Waals surface area contributed by atoms with Gasteiger partial charge in [0.25, 0.3) is 0 Å². The molecule has 1 heterocycles. The lowest BCUT2D eigenvalue weighted by Crippen LogP contribution is -1.96. The van der Waals surface area contributed by atoms with Crippen molar-refractivity contribution in [3.8, 4) is 17.2 Å². The summed E-state index contributed by atoms with van der Waals surface area (Å²) >= 11 is 0. The first kappa shape index (κ1) is 13.1. The van der Waals surface area contributed by atoms with Crippen LogP contribution in [0.4, 0.5) is 0 Å². The van der Waals surface area contributed by atoms with Gasteiger partial charge in [-0.3, -0.25) is 0 Å². The molecule has 21 heavy (non-hydrogen) atoms. The van der Waals surface area contributed by atoms with E-state index >= 15 is 0 Å². The maximum atomic E-state index is 5.72. The van der Waals surface area contributed by atoms with Crippen molar-refractivity contribution < 1.29 is 9.47 Å². The van der Waals surface area contributed by atoms with Crippen LogP contribution >= 0.6 is 0 Å². The summed E-state index contributed by atoms with van der Waals surface area (Å²) in [5, 5.41) is 0. The molecule has 0 aliphatic heterocycles. The van der Waals surface area contributed by atoms with Crippen LogP contribution in [0.15, 0.2) is 73.3 Å². The van der Waals surface area contributed by atoms with Gasteiger partial charge in [0.05, 0.1) is 0 Å².